The fraction of sp³-hybridized carbons (Fsp3) is 0.750. The van der Waals surface area contributed by atoms with E-state index < -0.39 is 24.0 Å². The van der Waals surface area contributed by atoms with Crippen LogP contribution in [0, 0.1) is 22.7 Å². The van der Waals surface area contributed by atoms with Gasteiger partial charge < -0.3 is 18.9 Å². The lowest BCUT2D eigenvalue weighted by Crippen LogP contribution is -2.43. The molecule has 0 aliphatic heterocycles. The van der Waals surface area contributed by atoms with Gasteiger partial charge in [-0.1, -0.05) is 32.5 Å². The molecule has 2 rings (SSSR count). The van der Waals surface area contributed by atoms with Gasteiger partial charge in [0.25, 0.3) is 0 Å². The lowest BCUT2D eigenvalue weighted by molar-refractivity contribution is -0.161. The molecule has 0 N–H and O–H groups in total. The Kier molecular flexibility index (Phi) is 11.3. The molecule has 2 aliphatic carbocycles. The average Bonchev–Trinajstić information content (AvgIpc) is 3.01. The number of carbonyl (C=O) groups excluding carboxylic acids is 3. The summed E-state index contributed by atoms with van der Waals surface area (Å²) in [5, 5.41) is 0.106. The van der Waals surface area contributed by atoms with Crippen LogP contribution in [0.2, 0.25) is 0 Å². The van der Waals surface area contributed by atoms with Crippen molar-refractivity contribution < 1.29 is 33.3 Å². The predicted octanol–water partition coefficient (Wildman–Crippen LogP) is 5.79. The van der Waals surface area contributed by atoms with E-state index in [2.05, 4.69) is 26.5 Å². The largest absolute Gasteiger partial charge is 0.479 e. The summed E-state index contributed by atoms with van der Waals surface area (Å²) in [5.74, 6) is -2.63. The molecule has 37 heavy (non-hydrogen) atoms. The number of thioether (sulfide) groups is 1. The van der Waals surface area contributed by atoms with E-state index in [-0.39, 0.29) is 47.6 Å². The smallest absolute Gasteiger partial charge is 0.320 e. The molecule has 7 nitrogen and oxygen atoms in total. The Morgan fingerprint density at radius 1 is 1.00 bits per heavy atom. The monoisotopic (exact) mass is 554 g/mol. The Hall–Kier alpha value is -1.83. The first kappa shape index (κ1) is 31.4. The highest BCUT2D eigenvalue weighted by molar-refractivity contribution is 8.23. The number of ether oxygens (including phenoxy) is 4. The Balaban J connectivity index is 2.58. The maximum Gasteiger partial charge on any atom is 0.320 e. The van der Waals surface area contributed by atoms with E-state index >= 15 is 0 Å². The van der Waals surface area contributed by atoms with Crippen molar-refractivity contribution in [2.24, 2.45) is 22.7 Å². The summed E-state index contributed by atoms with van der Waals surface area (Å²) in [6.45, 7) is 16.2. The van der Waals surface area contributed by atoms with Crippen LogP contribution in [0.15, 0.2) is 16.9 Å². The Morgan fingerprint density at radius 3 is 2.08 bits per heavy atom. The van der Waals surface area contributed by atoms with Crippen LogP contribution in [0.3, 0.4) is 0 Å². The Labute approximate surface area is 231 Å². The van der Waals surface area contributed by atoms with E-state index in [0.717, 1.165) is 18.4 Å². The van der Waals surface area contributed by atoms with Crippen LogP contribution < -0.4 is 0 Å². The zero-order valence-electron chi connectivity index (χ0n) is 23.4. The fourth-order valence-electron chi connectivity index (χ4n) is 6.10. The standard InChI is InChI=1S/C28H42O7S2/c1-9-32-24(30)20(25(31)33-10-2)13-17(4)12-19-21(35-18(5)29)14-28(8)16-27(6,7)15-22(23(19)28)37-26(36)34-11-3/h20-23H,9-11,13-16H2,1-8H3/t12?,21?,22?,23-,28+/m0/s1. The van der Waals surface area contributed by atoms with Gasteiger partial charge in [0, 0.05) is 23.7 Å². The molecule has 208 valence electrons. The van der Waals surface area contributed by atoms with Crippen molar-refractivity contribution in [3.8, 4) is 0 Å². The van der Waals surface area contributed by atoms with Crippen molar-refractivity contribution in [2.45, 2.75) is 92.4 Å². The van der Waals surface area contributed by atoms with Gasteiger partial charge in [0.15, 0.2) is 5.92 Å². The third-order valence-corrected chi connectivity index (χ3v) is 8.38. The van der Waals surface area contributed by atoms with Crippen molar-refractivity contribution in [2.75, 3.05) is 19.8 Å². The second kappa shape index (κ2) is 13.3. The van der Waals surface area contributed by atoms with Gasteiger partial charge in [0.2, 0.25) is 4.38 Å². The van der Waals surface area contributed by atoms with Gasteiger partial charge in [0.05, 0.1) is 19.8 Å². The normalized spacial score (nSPS) is 26.1. The summed E-state index contributed by atoms with van der Waals surface area (Å²) in [4.78, 5) is 37.2. The molecule has 0 aromatic rings. The number of hydrogen-bond donors (Lipinski definition) is 0. The average molecular weight is 555 g/mol. The maximum atomic E-state index is 12.6. The van der Waals surface area contributed by atoms with Gasteiger partial charge in [0.1, 0.15) is 6.10 Å². The number of rotatable bonds is 9. The minimum absolute atomic E-state index is 0.0341. The molecule has 9 heteroatoms. The number of fused-ring (bicyclic) bond motifs is 1. The second-order valence-corrected chi connectivity index (χ2v) is 12.8. The summed E-state index contributed by atoms with van der Waals surface area (Å²) in [6.07, 6.45) is 2.21. The summed E-state index contributed by atoms with van der Waals surface area (Å²) in [7, 11) is 0. The van der Waals surface area contributed by atoms with Crippen LogP contribution in [0.1, 0.15) is 81.1 Å². The second-order valence-electron chi connectivity index (χ2n) is 10.9. The Bertz CT molecular complexity index is 932. The van der Waals surface area contributed by atoms with E-state index in [0.29, 0.717) is 23.0 Å². The maximum absolute atomic E-state index is 12.6. The molecule has 0 bridgehead atoms. The molecule has 0 heterocycles. The van der Waals surface area contributed by atoms with Crippen LogP contribution in [0.5, 0.6) is 0 Å². The minimum Gasteiger partial charge on any atom is -0.479 e. The molecular formula is C28H42O7S2. The summed E-state index contributed by atoms with van der Waals surface area (Å²) >= 11 is 7.07. The Morgan fingerprint density at radius 2 is 1.57 bits per heavy atom. The van der Waals surface area contributed by atoms with Crippen LogP contribution >= 0.6 is 24.0 Å². The van der Waals surface area contributed by atoms with Gasteiger partial charge >= 0.3 is 17.9 Å². The molecule has 2 fully saturated rings. The number of hydrogen-bond acceptors (Lipinski definition) is 9. The van der Waals surface area contributed by atoms with Crippen molar-refractivity contribution in [1.82, 2.24) is 0 Å². The molecule has 2 saturated carbocycles. The molecule has 0 aromatic heterocycles. The SMILES string of the molecule is CCOC(=O)C(CC(C)=C=C1C(OC(C)=O)C[C@]2(C)CC(C)(C)CC(SC(=S)OCC)[C@H]12)C(=O)OCC. The lowest BCUT2D eigenvalue weighted by Gasteiger charge is -2.48. The first-order chi connectivity index (χ1) is 17.3. The first-order valence-electron chi connectivity index (χ1n) is 13.1. The highest BCUT2D eigenvalue weighted by Crippen LogP contribution is 2.62. The van der Waals surface area contributed by atoms with Gasteiger partial charge in [-0.25, -0.2) is 0 Å². The van der Waals surface area contributed by atoms with E-state index in [9.17, 15) is 14.4 Å². The van der Waals surface area contributed by atoms with Crippen LogP contribution in [0.4, 0.5) is 0 Å². The molecule has 4 atom stereocenters. The lowest BCUT2D eigenvalue weighted by atomic mass is 9.59. The third kappa shape index (κ3) is 8.33. The van der Waals surface area contributed by atoms with E-state index in [1.165, 1.54) is 6.92 Å². The van der Waals surface area contributed by atoms with Crippen molar-refractivity contribution in [3.63, 3.8) is 0 Å². The third-order valence-electron chi connectivity index (χ3n) is 6.92. The summed E-state index contributed by atoms with van der Waals surface area (Å²) < 4.78 is 22.2. The summed E-state index contributed by atoms with van der Waals surface area (Å²) in [5.41, 5.74) is 4.99. The quantitative estimate of drug-likeness (QED) is 0.115. The molecule has 2 unspecified atom stereocenters. The highest BCUT2D eigenvalue weighted by Gasteiger charge is 2.57. The predicted molar refractivity (Wildman–Crippen MR) is 148 cm³/mol. The van der Waals surface area contributed by atoms with Gasteiger partial charge in [-0.3, -0.25) is 14.4 Å². The van der Waals surface area contributed by atoms with E-state index in [4.69, 9.17) is 31.2 Å². The van der Waals surface area contributed by atoms with Gasteiger partial charge in [-0.2, -0.15) is 0 Å². The van der Waals surface area contributed by atoms with Crippen LogP contribution in [-0.2, 0) is 33.3 Å². The molecule has 2 aliphatic rings. The molecule has 0 radical (unpaired) electrons. The summed E-state index contributed by atoms with van der Waals surface area (Å²) in [6, 6.07) is 0. The zero-order chi connectivity index (χ0) is 28.0. The zero-order valence-corrected chi connectivity index (χ0v) is 25.1. The topological polar surface area (TPSA) is 88.1 Å². The number of carbonyl (C=O) groups is 3. The number of esters is 3. The van der Waals surface area contributed by atoms with E-state index in [1.807, 2.05) is 13.8 Å². The minimum atomic E-state index is -1.08. The molecule has 0 saturated heterocycles. The van der Waals surface area contributed by atoms with Gasteiger partial charge in [-0.15, -0.1) is 5.73 Å². The molecule has 0 amide bonds. The van der Waals surface area contributed by atoms with Crippen molar-refractivity contribution >= 4 is 46.3 Å². The molecule has 0 spiro atoms. The van der Waals surface area contributed by atoms with Crippen molar-refractivity contribution in [1.29, 1.82) is 0 Å². The molecule has 0 aromatic carbocycles. The number of thiocarbonyl (C=S) groups is 1. The van der Waals surface area contributed by atoms with Crippen molar-refractivity contribution in [3.05, 3.63) is 16.9 Å². The molecular weight excluding hydrogens is 512 g/mol. The fourth-order valence-corrected chi connectivity index (χ4v) is 8.16. The van der Waals surface area contributed by atoms with Gasteiger partial charge in [-0.05, 0) is 82.0 Å². The van der Waals surface area contributed by atoms with Crippen LogP contribution in [0.25, 0.3) is 0 Å². The first-order valence-corrected chi connectivity index (χ1v) is 14.4. The van der Waals surface area contributed by atoms with E-state index in [1.54, 1.807) is 25.6 Å². The highest BCUT2D eigenvalue weighted by atomic mass is 32.2. The van der Waals surface area contributed by atoms with Crippen LogP contribution in [-0.4, -0.2) is 53.5 Å².